The van der Waals surface area contributed by atoms with Crippen molar-refractivity contribution in [2.75, 3.05) is 25.6 Å². The molecule has 0 bridgehead atoms. The molecule has 0 saturated heterocycles. The minimum absolute atomic E-state index is 0.0676. The fraction of sp³-hybridized carbons (Fsp3) is 0.308. The van der Waals surface area contributed by atoms with Crippen molar-refractivity contribution in [2.45, 2.75) is 5.16 Å². The molecule has 1 N–H and O–H groups in total. The van der Waals surface area contributed by atoms with Gasteiger partial charge >= 0.3 is 0 Å². The number of hydrogen-bond acceptors (Lipinski definition) is 4. The Morgan fingerprint density at radius 3 is 2.79 bits per heavy atom. The summed E-state index contributed by atoms with van der Waals surface area (Å²) in [5.74, 6) is 0.813. The number of rotatable bonds is 7. The topological polar surface area (TPSA) is 47.3 Å². The number of ether oxygens (including phenoxy) is 1. The summed E-state index contributed by atoms with van der Waals surface area (Å²) >= 11 is 5.06. The summed E-state index contributed by atoms with van der Waals surface area (Å²) in [5, 5.41) is 9.55. The molecule has 0 amide bonds. The van der Waals surface area contributed by atoms with Crippen LogP contribution in [0.1, 0.15) is 0 Å². The van der Waals surface area contributed by atoms with Crippen molar-refractivity contribution in [3.63, 3.8) is 0 Å². The molecule has 102 valence electrons. The molecular weight excluding hydrogens is 328 g/mol. The summed E-state index contributed by atoms with van der Waals surface area (Å²) in [6, 6.07) is 8.10. The lowest BCUT2D eigenvalue weighted by Gasteiger charge is -2.07. The predicted molar refractivity (Wildman–Crippen MR) is 79.9 cm³/mol. The van der Waals surface area contributed by atoms with Gasteiger partial charge in [0.25, 0.3) is 0 Å². The molecule has 2 rings (SSSR count). The molecular formula is C13H15BrN2O2S. The summed E-state index contributed by atoms with van der Waals surface area (Å²) in [5.41, 5.74) is 1.08. The van der Waals surface area contributed by atoms with E-state index >= 15 is 0 Å². The van der Waals surface area contributed by atoms with E-state index < -0.39 is 0 Å². The van der Waals surface area contributed by atoms with E-state index in [0.717, 1.165) is 21.1 Å². The van der Waals surface area contributed by atoms with Crippen LogP contribution in [0.5, 0.6) is 0 Å². The van der Waals surface area contributed by atoms with Gasteiger partial charge in [-0.3, -0.25) is 4.57 Å². The van der Waals surface area contributed by atoms with Gasteiger partial charge in [-0.2, -0.15) is 0 Å². The SMILES string of the molecule is OCCOCCSc1nccn1-c1ccc(Br)cc1. The van der Waals surface area contributed by atoms with Crippen molar-refractivity contribution in [1.82, 2.24) is 9.55 Å². The van der Waals surface area contributed by atoms with Gasteiger partial charge in [-0.25, -0.2) is 4.98 Å². The second-order valence-corrected chi connectivity index (χ2v) is 5.72. The third-order valence-corrected chi connectivity index (χ3v) is 3.87. The maximum absolute atomic E-state index is 8.61. The minimum Gasteiger partial charge on any atom is -0.394 e. The first-order valence-corrected chi connectivity index (χ1v) is 7.70. The molecule has 1 aromatic carbocycles. The minimum atomic E-state index is 0.0676. The zero-order valence-corrected chi connectivity index (χ0v) is 12.7. The molecule has 0 aliphatic heterocycles. The van der Waals surface area contributed by atoms with Gasteiger partial charge in [-0.05, 0) is 24.3 Å². The van der Waals surface area contributed by atoms with Gasteiger partial charge in [0.2, 0.25) is 0 Å². The molecule has 4 nitrogen and oxygen atoms in total. The molecule has 0 spiro atoms. The average Bonchev–Trinajstić information content (AvgIpc) is 2.88. The maximum atomic E-state index is 8.61. The predicted octanol–water partition coefficient (Wildman–Crippen LogP) is 2.74. The normalized spacial score (nSPS) is 10.8. The molecule has 19 heavy (non-hydrogen) atoms. The number of hydrogen-bond donors (Lipinski definition) is 1. The molecule has 2 aromatic rings. The lowest BCUT2D eigenvalue weighted by atomic mass is 10.3. The summed E-state index contributed by atoms with van der Waals surface area (Å²) in [6.07, 6.45) is 3.74. The highest BCUT2D eigenvalue weighted by atomic mass is 79.9. The molecule has 0 saturated carbocycles. The van der Waals surface area contributed by atoms with E-state index in [4.69, 9.17) is 9.84 Å². The molecule has 6 heteroatoms. The van der Waals surface area contributed by atoms with Crippen LogP contribution in [0.4, 0.5) is 0 Å². The molecule has 1 heterocycles. The molecule has 0 aliphatic rings. The van der Waals surface area contributed by atoms with Crippen LogP contribution >= 0.6 is 27.7 Å². The van der Waals surface area contributed by atoms with Crippen LogP contribution in [0, 0.1) is 0 Å². The average molecular weight is 343 g/mol. The number of aromatic nitrogens is 2. The monoisotopic (exact) mass is 342 g/mol. The molecule has 0 unspecified atom stereocenters. The van der Waals surface area contributed by atoms with Crippen LogP contribution < -0.4 is 0 Å². The van der Waals surface area contributed by atoms with Crippen molar-refractivity contribution in [3.05, 3.63) is 41.1 Å². The Bertz CT molecular complexity index is 502. The van der Waals surface area contributed by atoms with Gasteiger partial charge in [-0.1, -0.05) is 27.7 Å². The van der Waals surface area contributed by atoms with E-state index in [-0.39, 0.29) is 6.61 Å². The third-order valence-electron chi connectivity index (χ3n) is 2.41. The van der Waals surface area contributed by atoms with Crippen LogP contribution in [0.3, 0.4) is 0 Å². The number of thioether (sulfide) groups is 1. The van der Waals surface area contributed by atoms with E-state index in [1.807, 2.05) is 35.0 Å². The van der Waals surface area contributed by atoms with E-state index in [0.29, 0.717) is 13.2 Å². The van der Waals surface area contributed by atoms with E-state index in [1.54, 1.807) is 18.0 Å². The molecule has 0 aliphatic carbocycles. The smallest absolute Gasteiger partial charge is 0.172 e. The second-order valence-electron chi connectivity index (χ2n) is 3.74. The molecule has 0 atom stereocenters. The Morgan fingerprint density at radius 2 is 2.05 bits per heavy atom. The number of nitrogens with zero attached hydrogens (tertiary/aromatic N) is 2. The highest BCUT2D eigenvalue weighted by Gasteiger charge is 2.05. The summed E-state index contributed by atoms with van der Waals surface area (Å²) in [6.45, 7) is 1.07. The van der Waals surface area contributed by atoms with Gasteiger partial charge in [0.05, 0.1) is 19.8 Å². The number of imidazole rings is 1. The first-order valence-electron chi connectivity index (χ1n) is 5.92. The number of aliphatic hydroxyl groups is 1. The first kappa shape index (κ1) is 14.6. The maximum Gasteiger partial charge on any atom is 0.172 e. The van der Waals surface area contributed by atoms with Crippen molar-refractivity contribution in [1.29, 1.82) is 0 Å². The van der Waals surface area contributed by atoms with Crippen molar-refractivity contribution in [2.24, 2.45) is 0 Å². The zero-order valence-electron chi connectivity index (χ0n) is 10.3. The molecule has 0 fully saturated rings. The Labute approximate surface area is 124 Å². The first-order chi connectivity index (χ1) is 9.31. The lowest BCUT2D eigenvalue weighted by molar-refractivity contribution is 0.103. The van der Waals surface area contributed by atoms with Gasteiger partial charge < -0.3 is 9.84 Å². The van der Waals surface area contributed by atoms with Crippen LogP contribution in [0.15, 0.2) is 46.3 Å². The Morgan fingerprint density at radius 1 is 1.26 bits per heavy atom. The lowest BCUT2D eigenvalue weighted by Crippen LogP contribution is -2.03. The quantitative estimate of drug-likeness (QED) is 0.620. The van der Waals surface area contributed by atoms with Crippen LogP contribution in [-0.2, 0) is 4.74 Å². The highest BCUT2D eigenvalue weighted by Crippen LogP contribution is 2.21. The Kier molecular flexibility index (Phi) is 5.91. The van der Waals surface area contributed by atoms with Crippen LogP contribution in [-0.4, -0.2) is 40.2 Å². The fourth-order valence-corrected chi connectivity index (χ4v) is 2.64. The standard InChI is InChI=1S/C13H15BrN2O2S/c14-11-1-3-12(4-2-11)16-6-5-15-13(16)19-10-9-18-8-7-17/h1-6,17H,7-10H2. The van der Waals surface area contributed by atoms with Crippen LogP contribution in [0.25, 0.3) is 5.69 Å². The van der Waals surface area contributed by atoms with Crippen molar-refractivity contribution in [3.8, 4) is 5.69 Å². The Balaban J connectivity index is 1.96. The molecule has 1 aromatic heterocycles. The van der Waals surface area contributed by atoms with Gasteiger partial charge in [-0.15, -0.1) is 0 Å². The van der Waals surface area contributed by atoms with E-state index in [9.17, 15) is 0 Å². The van der Waals surface area contributed by atoms with Crippen molar-refractivity contribution < 1.29 is 9.84 Å². The van der Waals surface area contributed by atoms with E-state index in [2.05, 4.69) is 20.9 Å². The van der Waals surface area contributed by atoms with Crippen LogP contribution in [0.2, 0.25) is 0 Å². The number of benzene rings is 1. The largest absolute Gasteiger partial charge is 0.394 e. The van der Waals surface area contributed by atoms with Crippen molar-refractivity contribution >= 4 is 27.7 Å². The third kappa shape index (κ3) is 4.35. The highest BCUT2D eigenvalue weighted by molar-refractivity contribution is 9.10. The fourth-order valence-electron chi connectivity index (χ4n) is 1.55. The molecule has 0 radical (unpaired) electrons. The summed E-state index contributed by atoms with van der Waals surface area (Å²) in [4.78, 5) is 4.34. The summed E-state index contributed by atoms with van der Waals surface area (Å²) in [7, 11) is 0. The number of halogens is 1. The Hall–Kier alpha value is -0.820. The van der Waals surface area contributed by atoms with E-state index in [1.165, 1.54) is 0 Å². The van der Waals surface area contributed by atoms with Gasteiger partial charge in [0, 0.05) is 28.3 Å². The van der Waals surface area contributed by atoms with Gasteiger partial charge in [0.15, 0.2) is 5.16 Å². The zero-order chi connectivity index (χ0) is 13.5. The number of aliphatic hydroxyl groups excluding tert-OH is 1. The summed E-state index contributed by atoms with van der Waals surface area (Å²) < 4.78 is 8.33. The second kappa shape index (κ2) is 7.69. The van der Waals surface area contributed by atoms with Gasteiger partial charge in [0.1, 0.15) is 0 Å².